The van der Waals surface area contributed by atoms with E-state index in [0.717, 1.165) is 75.0 Å². The summed E-state index contributed by atoms with van der Waals surface area (Å²) in [5.74, 6) is 25.5. The molecule has 0 spiro atoms. The molecule has 0 fully saturated rings. The van der Waals surface area contributed by atoms with Crippen LogP contribution in [0, 0.1) is 128 Å². The van der Waals surface area contributed by atoms with Crippen LogP contribution >= 0.6 is 45.7 Å². The third-order valence-electron chi connectivity index (χ3n) is 15.5. The summed E-state index contributed by atoms with van der Waals surface area (Å²) in [6, 6.07) is 3.77. The van der Waals surface area contributed by atoms with Gasteiger partial charge in [0.05, 0.1) is 24.1 Å². The minimum atomic E-state index is -0.0118. The molecule has 0 radical (unpaired) electrons. The zero-order valence-corrected chi connectivity index (χ0v) is 74.2. The van der Waals surface area contributed by atoms with Crippen LogP contribution in [0.15, 0.2) is 94.5 Å². The smallest absolute Gasteiger partial charge is 0.273 e. The second kappa shape index (κ2) is 42.4. The van der Waals surface area contributed by atoms with Crippen LogP contribution in [-0.4, -0.2) is 57.0 Å². The Kier molecular flexibility index (Phi) is 37.9. The number of thiazole rings is 2. The number of oxazole rings is 2. The van der Waals surface area contributed by atoms with Crippen LogP contribution in [0.3, 0.4) is 0 Å². The van der Waals surface area contributed by atoms with Crippen LogP contribution < -0.4 is 0 Å². The molecule has 8 aromatic rings. The van der Waals surface area contributed by atoms with Crippen molar-refractivity contribution in [1.82, 2.24) is 39.0 Å². The Bertz CT molecular complexity index is 4180. The molecule has 2 aliphatic rings. The molecule has 14 nitrogen and oxygen atoms in total. The van der Waals surface area contributed by atoms with Gasteiger partial charge in [0.2, 0.25) is 0 Å². The second-order valence-electron chi connectivity index (χ2n) is 35.7. The van der Waals surface area contributed by atoms with E-state index in [-0.39, 0.29) is 59.9 Å². The fourth-order valence-corrected chi connectivity index (χ4v) is 11.7. The van der Waals surface area contributed by atoms with E-state index in [9.17, 15) is 4.79 Å². The lowest BCUT2D eigenvalue weighted by molar-refractivity contribution is -0.116. The van der Waals surface area contributed by atoms with E-state index in [1.165, 1.54) is 55.3 Å². The maximum Gasteiger partial charge on any atom is 0.273 e. The highest BCUT2D eigenvalue weighted by Crippen LogP contribution is 2.35. The van der Waals surface area contributed by atoms with Crippen LogP contribution in [0.4, 0.5) is 0 Å². The highest BCUT2D eigenvalue weighted by molar-refractivity contribution is 7.12. The Hall–Kier alpha value is -9.78. The molecule has 584 valence electrons. The van der Waals surface area contributed by atoms with Crippen LogP contribution in [0.1, 0.15) is 309 Å². The van der Waals surface area contributed by atoms with Crippen LogP contribution in [0.2, 0.25) is 0 Å². The lowest BCUT2D eigenvalue weighted by Crippen LogP contribution is -2.24. The Labute approximate surface area is 677 Å². The molecule has 8 aromatic heterocycles. The van der Waals surface area contributed by atoms with Crippen molar-refractivity contribution in [2.24, 2.45) is 21.7 Å². The van der Waals surface area contributed by atoms with Gasteiger partial charge in [-0.3, -0.25) is 9.79 Å². The molecule has 0 aromatic carbocycles. The van der Waals surface area contributed by atoms with E-state index in [4.69, 9.17) is 75.7 Å². The van der Waals surface area contributed by atoms with E-state index in [0.29, 0.717) is 29.1 Å². The maximum atomic E-state index is 11.0. The second-order valence-corrected chi connectivity index (χ2v) is 39.0. The lowest BCUT2D eigenvalue weighted by Gasteiger charge is -2.30. The highest BCUT2D eigenvalue weighted by Gasteiger charge is 2.28. The minimum Gasteiger partial charge on any atom is -0.438 e. The third kappa shape index (κ3) is 35.3. The zero-order chi connectivity index (χ0) is 84.8. The van der Waals surface area contributed by atoms with Crippen LogP contribution in [-0.2, 0) is 48.1 Å². The van der Waals surface area contributed by atoms with Gasteiger partial charge in [-0.25, -0.2) is 19.9 Å². The summed E-state index contributed by atoms with van der Waals surface area (Å²) >= 11 is 6.04. The first-order chi connectivity index (χ1) is 50.4. The number of hydrogen-bond donors (Lipinski definition) is 0. The van der Waals surface area contributed by atoms with Crippen molar-refractivity contribution >= 4 is 57.2 Å². The molecule has 0 bridgehead atoms. The third-order valence-corrected chi connectivity index (χ3v) is 19.5. The van der Waals surface area contributed by atoms with Gasteiger partial charge in [-0.1, -0.05) is 236 Å². The Morgan fingerprint density at radius 3 is 1.35 bits per heavy atom. The average Bonchev–Trinajstić information content (AvgIpc) is 1.58. The number of allylic oxidation sites excluding steroid dienone is 3. The van der Waals surface area contributed by atoms with Crippen molar-refractivity contribution in [3.8, 4) is 111 Å². The predicted octanol–water partition coefficient (Wildman–Crippen LogP) is 22.1. The number of carbonyl (C=O) groups is 1. The fourth-order valence-electron chi connectivity index (χ4n) is 8.50. The van der Waals surface area contributed by atoms with Crippen molar-refractivity contribution in [3.63, 3.8) is 0 Å². The van der Waals surface area contributed by atoms with E-state index >= 15 is 0 Å². The largest absolute Gasteiger partial charge is 0.438 e. The molecule has 18 heteroatoms. The zero-order valence-electron chi connectivity index (χ0n) is 70.9. The van der Waals surface area contributed by atoms with Gasteiger partial charge in [0.15, 0.2) is 27.2 Å². The molecular weight excluding hydrogens is 1440 g/mol. The summed E-state index contributed by atoms with van der Waals surface area (Å²) in [5, 5.41) is 13.0. The van der Waals surface area contributed by atoms with Gasteiger partial charge in [0, 0.05) is 72.0 Å². The summed E-state index contributed by atoms with van der Waals surface area (Å²) < 4.78 is 28.3. The van der Waals surface area contributed by atoms with E-state index < -0.39 is 0 Å². The first-order valence-electron chi connectivity index (χ1n) is 35.7. The molecule has 9 heterocycles. The summed E-state index contributed by atoms with van der Waals surface area (Å²) in [7, 11) is 0. The summed E-state index contributed by atoms with van der Waals surface area (Å²) in [6.45, 7) is 64.2. The molecule has 1 aliphatic carbocycles. The molecule has 1 unspecified atom stereocenters. The SMILES string of the molecule is C#CC1=NCC=C1C(C)(C)C.C#Cc1cc(C(C)(C)C)on1.C#Cc1cc(C(C)(C)C)sn1.C#Cc1nc(C(C)(C)C)co1.C#Cc1nc(C(C)(C)C)cs1.C#Cc1ncc(C(C)(C)C)o1.C#Cc1ncc(C(C)(C)C)s1.C#Cc1nocc1C(C)(C)C.C#Cc1nscc1C(C)(C)C.CC(C)(C)C1CC=CC(=O)C1. The fraction of sp³-hybridized carbons (Fsp3) is 0.478. The highest BCUT2D eigenvalue weighted by atomic mass is 32.1. The summed E-state index contributed by atoms with van der Waals surface area (Å²) in [4.78, 5) is 34.1. The van der Waals surface area contributed by atoms with Crippen molar-refractivity contribution in [1.29, 1.82) is 0 Å². The molecule has 1 atom stereocenters. The molecule has 0 saturated carbocycles. The number of rotatable bonds is 0. The topological polar surface area (TPSA) is 185 Å². The number of nitrogens with zero attached hydrogens (tertiary/aromatic N) is 9. The van der Waals surface area contributed by atoms with E-state index in [2.05, 4.69) is 270 Å². The minimum absolute atomic E-state index is 0.0118. The molecular formula is C92H117N9O5S4. The van der Waals surface area contributed by atoms with Crippen LogP contribution in [0.5, 0.6) is 0 Å². The summed E-state index contributed by atoms with van der Waals surface area (Å²) in [5.41, 5.74) is 9.89. The van der Waals surface area contributed by atoms with Gasteiger partial charge >= 0.3 is 0 Å². The number of aliphatic imine (C=N–C) groups is 1. The van der Waals surface area contributed by atoms with Crippen molar-refractivity contribution in [3.05, 3.63) is 160 Å². The normalized spacial score (nSPS) is 13.2. The van der Waals surface area contributed by atoms with Gasteiger partial charge in [-0.15, -0.1) is 80.5 Å². The van der Waals surface area contributed by atoms with Gasteiger partial charge in [-0.05, 0) is 133 Å². The molecule has 10 rings (SSSR count). The Morgan fingerprint density at radius 2 is 1.05 bits per heavy atom. The van der Waals surface area contributed by atoms with E-state index in [1.54, 1.807) is 42.2 Å². The van der Waals surface area contributed by atoms with Crippen molar-refractivity contribution in [2.45, 2.75) is 264 Å². The molecule has 0 saturated heterocycles. The Balaban J connectivity index is 0.000000611. The molecule has 0 N–H and O–H groups in total. The Morgan fingerprint density at radius 1 is 0.482 bits per heavy atom. The van der Waals surface area contributed by atoms with Gasteiger partial charge in [-0.2, -0.15) is 8.75 Å². The van der Waals surface area contributed by atoms with Gasteiger partial charge in [0.1, 0.15) is 41.1 Å². The number of aromatic nitrogens is 8. The maximum absolute atomic E-state index is 11.0. The molecule has 110 heavy (non-hydrogen) atoms. The quantitative estimate of drug-likeness (QED) is 0.131. The summed E-state index contributed by atoms with van der Waals surface area (Å²) in [6.07, 6.45) is 61.1. The van der Waals surface area contributed by atoms with Gasteiger partial charge in [0.25, 0.3) is 11.8 Å². The number of ketones is 1. The van der Waals surface area contributed by atoms with Gasteiger partial charge < -0.3 is 17.9 Å². The molecule has 0 amide bonds. The first-order valence-corrected chi connectivity index (χ1v) is 39.0. The first kappa shape index (κ1) is 98.2. The van der Waals surface area contributed by atoms with Crippen molar-refractivity contribution in [2.75, 3.05) is 6.54 Å². The number of hydrogen-bond acceptors (Lipinski definition) is 18. The van der Waals surface area contributed by atoms with E-state index in [1.807, 2.05) is 70.6 Å². The average molecular weight is 1560 g/mol. The lowest BCUT2D eigenvalue weighted by atomic mass is 9.74. The van der Waals surface area contributed by atoms with Crippen molar-refractivity contribution < 1.29 is 22.7 Å². The number of carbonyl (C=O) groups excluding carboxylic acids is 1. The van der Waals surface area contributed by atoms with Crippen LogP contribution in [0.25, 0.3) is 0 Å². The predicted molar refractivity (Wildman–Crippen MR) is 463 cm³/mol. The monoisotopic (exact) mass is 1560 g/mol. The standard InChI is InChI=1S/C10H13N.C10H16O.4C9H11NO.4C9H11NS/c1-5-9-8(6-7-11-9)10(2,3)4;1-10(2,3)8-5-4-6-9(11)7-8;1-5-8-10-7(6-11-8)9(2,3)4;1-5-8-10-6-7(11-8)9(2,3)4;1-5-8-7(6-11-10-8)9(2,3)4;1-5-7-6-8(11-10-7)9(2,3)4;1-5-8-10-7(6-11-8)9(2,3)4;1-5-8-10-6-7(11-8)9(2,3)4;1-5-8-7(6-11-10-8)9(2,3)4;1-5-7-6-8(11-10-7)9(2,3)4/h1,6H,7H2,2-4H3;4,6,8H,5,7H2,1-3H3;8*1,6H,2-4H3. The molecule has 1 aliphatic heterocycles. The number of terminal acetylenes is 9.